The predicted molar refractivity (Wildman–Crippen MR) is 86.5 cm³/mol. The first kappa shape index (κ1) is 14.9. The molecule has 0 saturated heterocycles. The molecule has 5 nitrogen and oxygen atoms in total. The van der Waals surface area contributed by atoms with Gasteiger partial charge in [-0.2, -0.15) is 0 Å². The number of esters is 1. The van der Waals surface area contributed by atoms with Gasteiger partial charge >= 0.3 is 5.97 Å². The van der Waals surface area contributed by atoms with Gasteiger partial charge in [0.15, 0.2) is 5.11 Å². The van der Waals surface area contributed by atoms with E-state index in [2.05, 4.69) is 15.6 Å². The molecule has 0 saturated carbocycles. The van der Waals surface area contributed by atoms with Gasteiger partial charge in [0.2, 0.25) is 0 Å². The van der Waals surface area contributed by atoms with Gasteiger partial charge < -0.3 is 15.4 Å². The van der Waals surface area contributed by atoms with Gasteiger partial charge in [-0.25, -0.2) is 4.79 Å². The summed E-state index contributed by atoms with van der Waals surface area (Å²) in [5.41, 5.74) is 2.09. The molecule has 6 heteroatoms. The lowest BCUT2D eigenvalue weighted by atomic mass is 10.2. The Bertz CT molecular complexity index is 615. The van der Waals surface area contributed by atoms with E-state index in [9.17, 15) is 4.79 Å². The fourth-order valence-corrected chi connectivity index (χ4v) is 1.87. The average molecular weight is 301 g/mol. The van der Waals surface area contributed by atoms with Crippen LogP contribution in [-0.4, -0.2) is 22.7 Å². The third kappa shape index (κ3) is 4.54. The minimum absolute atomic E-state index is 0.333. The van der Waals surface area contributed by atoms with Crippen LogP contribution in [-0.2, 0) is 4.74 Å². The summed E-state index contributed by atoms with van der Waals surface area (Å²) in [6, 6.07) is 10.6. The Hall–Kier alpha value is -2.47. The second-order valence-corrected chi connectivity index (χ2v) is 4.53. The van der Waals surface area contributed by atoms with Gasteiger partial charge in [0, 0.05) is 11.9 Å². The molecule has 108 valence electrons. The van der Waals surface area contributed by atoms with Crippen LogP contribution >= 0.6 is 12.2 Å². The number of hydrogen-bond acceptors (Lipinski definition) is 4. The maximum Gasteiger partial charge on any atom is 0.338 e. The second kappa shape index (κ2) is 7.35. The topological polar surface area (TPSA) is 63.2 Å². The SMILES string of the molecule is CCOC(=O)c1ccc(NC(=S)Nc2cccnc2)cc1. The molecule has 2 aromatic rings. The molecule has 2 rings (SSSR count). The molecule has 0 fully saturated rings. The van der Waals surface area contributed by atoms with E-state index < -0.39 is 0 Å². The largest absolute Gasteiger partial charge is 0.462 e. The second-order valence-electron chi connectivity index (χ2n) is 4.12. The van der Waals surface area contributed by atoms with Crippen molar-refractivity contribution >= 4 is 34.7 Å². The molecule has 1 aromatic carbocycles. The Balaban J connectivity index is 1.94. The molecular formula is C15H15N3O2S. The molecule has 0 aliphatic carbocycles. The number of nitrogens with zero attached hydrogens (tertiary/aromatic N) is 1. The van der Waals surface area contributed by atoms with Gasteiger partial charge in [0.05, 0.1) is 24.1 Å². The molecule has 21 heavy (non-hydrogen) atoms. The Labute approximate surface area is 128 Å². The van der Waals surface area contributed by atoms with E-state index in [1.807, 2.05) is 12.1 Å². The summed E-state index contributed by atoms with van der Waals surface area (Å²) in [5, 5.41) is 6.49. The summed E-state index contributed by atoms with van der Waals surface area (Å²) in [6.45, 7) is 2.13. The molecule has 0 radical (unpaired) electrons. The molecule has 0 bridgehead atoms. The van der Waals surface area contributed by atoms with Crippen molar-refractivity contribution < 1.29 is 9.53 Å². The standard InChI is InChI=1S/C15H15N3O2S/c1-2-20-14(19)11-5-7-12(8-6-11)17-15(21)18-13-4-3-9-16-10-13/h3-10H,2H2,1H3,(H2,17,18,21). The van der Waals surface area contributed by atoms with Gasteiger partial charge in [-0.15, -0.1) is 0 Å². The normalized spacial score (nSPS) is 9.76. The number of pyridine rings is 1. The van der Waals surface area contributed by atoms with E-state index in [1.165, 1.54) is 0 Å². The maximum atomic E-state index is 11.5. The first-order valence-electron chi connectivity index (χ1n) is 6.44. The number of aromatic nitrogens is 1. The fourth-order valence-electron chi connectivity index (χ4n) is 1.63. The van der Waals surface area contributed by atoms with Gasteiger partial charge in [0.1, 0.15) is 0 Å². The van der Waals surface area contributed by atoms with Crippen LogP contribution < -0.4 is 10.6 Å². The van der Waals surface area contributed by atoms with Crippen LogP contribution in [0.3, 0.4) is 0 Å². The van der Waals surface area contributed by atoms with Gasteiger partial charge in [-0.05, 0) is 55.5 Å². The average Bonchev–Trinajstić information content (AvgIpc) is 2.49. The molecule has 1 aromatic heterocycles. The van der Waals surface area contributed by atoms with Gasteiger partial charge in [-0.1, -0.05) is 0 Å². The highest BCUT2D eigenvalue weighted by Crippen LogP contribution is 2.11. The fraction of sp³-hybridized carbons (Fsp3) is 0.133. The molecule has 0 amide bonds. The quantitative estimate of drug-likeness (QED) is 0.668. The lowest BCUT2D eigenvalue weighted by Gasteiger charge is -2.10. The molecule has 0 atom stereocenters. The number of ether oxygens (including phenoxy) is 1. The van der Waals surface area contributed by atoms with Gasteiger partial charge in [-0.3, -0.25) is 4.98 Å². The molecule has 0 unspecified atom stereocenters. The zero-order chi connectivity index (χ0) is 15.1. The van der Waals surface area contributed by atoms with Crippen LogP contribution in [0.4, 0.5) is 11.4 Å². The van der Waals surface area contributed by atoms with Crippen molar-refractivity contribution in [3.8, 4) is 0 Å². The van der Waals surface area contributed by atoms with Gasteiger partial charge in [0.25, 0.3) is 0 Å². The van der Waals surface area contributed by atoms with Crippen LogP contribution in [0.5, 0.6) is 0 Å². The highest BCUT2D eigenvalue weighted by atomic mass is 32.1. The van der Waals surface area contributed by atoms with E-state index >= 15 is 0 Å². The van der Waals surface area contributed by atoms with Crippen molar-refractivity contribution in [2.24, 2.45) is 0 Å². The molecule has 0 aliphatic heterocycles. The summed E-state index contributed by atoms with van der Waals surface area (Å²) in [6.07, 6.45) is 3.37. The first-order chi connectivity index (χ1) is 10.2. The third-order valence-corrected chi connectivity index (χ3v) is 2.78. The predicted octanol–water partition coefficient (Wildman–Crippen LogP) is 3.07. The smallest absolute Gasteiger partial charge is 0.338 e. The Morgan fingerprint density at radius 2 is 1.90 bits per heavy atom. The molecule has 2 N–H and O–H groups in total. The van der Waals surface area contributed by atoms with E-state index in [0.29, 0.717) is 17.3 Å². The molecule has 1 heterocycles. The van der Waals surface area contributed by atoms with E-state index in [4.69, 9.17) is 17.0 Å². The number of benzene rings is 1. The number of rotatable bonds is 4. The highest BCUT2D eigenvalue weighted by molar-refractivity contribution is 7.80. The summed E-state index contributed by atoms with van der Waals surface area (Å²) in [7, 11) is 0. The van der Waals surface area contributed by atoms with Crippen molar-refractivity contribution in [3.05, 3.63) is 54.4 Å². The van der Waals surface area contributed by atoms with Crippen LogP contribution in [0.2, 0.25) is 0 Å². The zero-order valence-electron chi connectivity index (χ0n) is 11.5. The molecule has 0 aliphatic rings. The van der Waals surface area contributed by atoms with E-state index in [0.717, 1.165) is 11.4 Å². The number of hydrogen-bond donors (Lipinski definition) is 2. The Morgan fingerprint density at radius 1 is 1.19 bits per heavy atom. The monoisotopic (exact) mass is 301 g/mol. The van der Waals surface area contributed by atoms with Crippen molar-refractivity contribution in [1.82, 2.24) is 4.98 Å². The Morgan fingerprint density at radius 3 is 2.52 bits per heavy atom. The number of nitrogens with one attached hydrogen (secondary N) is 2. The maximum absolute atomic E-state index is 11.5. The van der Waals surface area contributed by atoms with Crippen LogP contribution in [0.25, 0.3) is 0 Å². The van der Waals surface area contributed by atoms with Crippen LogP contribution in [0.1, 0.15) is 17.3 Å². The van der Waals surface area contributed by atoms with Crippen LogP contribution in [0, 0.1) is 0 Å². The van der Waals surface area contributed by atoms with Crippen molar-refractivity contribution in [1.29, 1.82) is 0 Å². The first-order valence-corrected chi connectivity index (χ1v) is 6.85. The molecular weight excluding hydrogens is 286 g/mol. The number of thiocarbonyl (C=S) groups is 1. The summed E-state index contributed by atoms with van der Waals surface area (Å²) in [5.74, 6) is -0.333. The van der Waals surface area contributed by atoms with Crippen molar-refractivity contribution in [2.75, 3.05) is 17.2 Å². The number of carbonyl (C=O) groups excluding carboxylic acids is 1. The summed E-state index contributed by atoms with van der Waals surface area (Å²) < 4.78 is 4.92. The minimum Gasteiger partial charge on any atom is -0.462 e. The highest BCUT2D eigenvalue weighted by Gasteiger charge is 2.06. The number of carbonyl (C=O) groups is 1. The Kier molecular flexibility index (Phi) is 5.22. The minimum atomic E-state index is -0.333. The lowest BCUT2D eigenvalue weighted by molar-refractivity contribution is 0.0526. The van der Waals surface area contributed by atoms with Crippen molar-refractivity contribution in [3.63, 3.8) is 0 Å². The summed E-state index contributed by atoms with van der Waals surface area (Å²) in [4.78, 5) is 15.5. The lowest BCUT2D eigenvalue weighted by Crippen LogP contribution is -2.19. The van der Waals surface area contributed by atoms with Crippen LogP contribution in [0.15, 0.2) is 48.8 Å². The number of anilines is 2. The summed E-state index contributed by atoms with van der Waals surface area (Å²) >= 11 is 5.20. The molecule has 0 spiro atoms. The van der Waals surface area contributed by atoms with E-state index in [-0.39, 0.29) is 5.97 Å². The third-order valence-electron chi connectivity index (χ3n) is 2.57. The van der Waals surface area contributed by atoms with Crippen molar-refractivity contribution in [2.45, 2.75) is 6.92 Å². The zero-order valence-corrected chi connectivity index (χ0v) is 12.3. The van der Waals surface area contributed by atoms with E-state index in [1.54, 1.807) is 43.6 Å².